The molecule has 1 amide bonds. The quantitative estimate of drug-likeness (QED) is 0.917. The third-order valence-electron chi connectivity index (χ3n) is 4.56. The van der Waals surface area contributed by atoms with Crippen molar-refractivity contribution in [3.8, 4) is 6.07 Å². The first-order valence-electron chi connectivity index (χ1n) is 7.95. The van der Waals surface area contributed by atoms with Gasteiger partial charge in [0.05, 0.1) is 23.9 Å². The Morgan fingerprint density at radius 1 is 1.33 bits per heavy atom. The van der Waals surface area contributed by atoms with E-state index < -0.39 is 4.87 Å². The third-order valence-corrected chi connectivity index (χ3v) is 5.94. The van der Waals surface area contributed by atoms with E-state index in [0.29, 0.717) is 12.1 Å². The van der Waals surface area contributed by atoms with Gasteiger partial charge in [-0.25, -0.2) is 0 Å². The van der Waals surface area contributed by atoms with Crippen molar-refractivity contribution in [2.75, 3.05) is 17.2 Å². The van der Waals surface area contributed by atoms with Crippen molar-refractivity contribution in [1.82, 2.24) is 5.32 Å². The van der Waals surface area contributed by atoms with Crippen LogP contribution in [0.1, 0.15) is 22.3 Å². The molecule has 4 rings (SSSR count). The molecule has 1 N–H and O–H groups in total. The summed E-state index contributed by atoms with van der Waals surface area (Å²) >= 11 is 1.68. The lowest BCUT2D eigenvalue weighted by molar-refractivity contribution is -0.121. The number of nitrogens with zero attached hydrogens (tertiary/aromatic N) is 2. The number of nitrogens with one attached hydrogen (secondary N) is 1. The molecule has 0 bridgehead atoms. The number of nitriles is 1. The SMILES string of the molecule is Cc1ccc2c(c1)C1(NCCS1)C(=O)N2Cc1cccc(C#N)c1. The number of carbonyl (C=O) groups excluding carboxylic acids is 1. The maximum atomic E-state index is 13.2. The molecule has 1 fully saturated rings. The Hall–Kier alpha value is -2.29. The van der Waals surface area contributed by atoms with Gasteiger partial charge in [0, 0.05) is 17.9 Å². The molecule has 2 aromatic rings. The van der Waals surface area contributed by atoms with E-state index in [9.17, 15) is 4.79 Å². The van der Waals surface area contributed by atoms with Gasteiger partial charge in [0.1, 0.15) is 0 Å². The van der Waals surface area contributed by atoms with Crippen molar-refractivity contribution in [2.24, 2.45) is 0 Å². The Morgan fingerprint density at radius 3 is 2.96 bits per heavy atom. The Morgan fingerprint density at radius 2 is 2.21 bits per heavy atom. The molecule has 0 radical (unpaired) electrons. The standard InChI is InChI=1S/C19H17N3OS/c1-13-5-6-17-16(9-13)19(21-7-8-24-19)18(23)22(17)12-15-4-2-3-14(10-15)11-20/h2-6,9-10,21H,7-8,12H2,1H3. The van der Waals surface area contributed by atoms with E-state index in [4.69, 9.17) is 5.26 Å². The number of fused-ring (bicyclic) bond motifs is 2. The number of aryl methyl sites for hydroxylation is 1. The highest BCUT2D eigenvalue weighted by Crippen LogP contribution is 2.49. The molecular weight excluding hydrogens is 318 g/mol. The van der Waals surface area contributed by atoms with Crippen molar-refractivity contribution < 1.29 is 4.79 Å². The van der Waals surface area contributed by atoms with Crippen LogP contribution in [-0.2, 0) is 16.2 Å². The average molecular weight is 335 g/mol. The molecule has 0 aliphatic carbocycles. The Balaban J connectivity index is 1.77. The highest BCUT2D eigenvalue weighted by atomic mass is 32.2. The molecule has 0 saturated carbocycles. The first-order valence-corrected chi connectivity index (χ1v) is 8.94. The summed E-state index contributed by atoms with van der Waals surface area (Å²) in [6, 6.07) is 15.8. The number of carbonyl (C=O) groups is 1. The summed E-state index contributed by atoms with van der Waals surface area (Å²) in [5.41, 5.74) is 4.77. The van der Waals surface area contributed by atoms with E-state index >= 15 is 0 Å². The lowest BCUT2D eigenvalue weighted by atomic mass is 10.0. The lowest BCUT2D eigenvalue weighted by Crippen LogP contribution is -2.44. The molecule has 2 aliphatic rings. The van der Waals surface area contributed by atoms with E-state index in [1.165, 1.54) is 0 Å². The molecule has 2 aliphatic heterocycles. The summed E-state index contributed by atoms with van der Waals surface area (Å²) in [6.45, 7) is 3.37. The zero-order valence-electron chi connectivity index (χ0n) is 13.4. The largest absolute Gasteiger partial charge is 0.305 e. The number of hydrogen-bond acceptors (Lipinski definition) is 4. The fourth-order valence-electron chi connectivity index (χ4n) is 3.45. The predicted molar refractivity (Wildman–Crippen MR) is 95.7 cm³/mol. The second-order valence-corrected chi connectivity index (χ2v) is 7.49. The summed E-state index contributed by atoms with van der Waals surface area (Å²) < 4.78 is 0. The van der Waals surface area contributed by atoms with Gasteiger partial charge in [-0.3, -0.25) is 10.1 Å². The molecule has 120 valence electrons. The molecule has 1 spiro atoms. The molecule has 24 heavy (non-hydrogen) atoms. The second kappa shape index (κ2) is 5.66. The van der Waals surface area contributed by atoms with Crippen LogP contribution in [0.5, 0.6) is 0 Å². The molecule has 1 saturated heterocycles. The van der Waals surface area contributed by atoms with Crippen molar-refractivity contribution in [2.45, 2.75) is 18.3 Å². The van der Waals surface area contributed by atoms with Crippen LogP contribution in [0.15, 0.2) is 42.5 Å². The molecule has 5 heteroatoms. The van der Waals surface area contributed by atoms with Crippen molar-refractivity contribution in [3.05, 3.63) is 64.7 Å². The summed E-state index contributed by atoms with van der Waals surface area (Å²) in [6.07, 6.45) is 0. The smallest absolute Gasteiger partial charge is 0.262 e. The van der Waals surface area contributed by atoms with Crippen LogP contribution in [0, 0.1) is 18.3 Å². The monoisotopic (exact) mass is 335 g/mol. The van der Waals surface area contributed by atoms with E-state index in [0.717, 1.165) is 34.7 Å². The van der Waals surface area contributed by atoms with Crippen molar-refractivity contribution in [1.29, 1.82) is 5.26 Å². The van der Waals surface area contributed by atoms with Crippen LogP contribution in [0.2, 0.25) is 0 Å². The highest BCUT2D eigenvalue weighted by molar-refractivity contribution is 8.01. The van der Waals surface area contributed by atoms with Crippen LogP contribution < -0.4 is 10.2 Å². The number of anilines is 1. The Bertz CT molecular complexity index is 865. The summed E-state index contributed by atoms with van der Waals surface area (Å²) in [7, 11) is 0. The fraction of sp³-hybridized carbons (Fsp3) is 0.263. The van der Waals surface area contributed by atoms with Crippen molar-refractivity contribution >= 4 is 23.4 Å². The fourth-order valence-corrected chi connectivity index (χ4v) is 4.72. The summed E-state index contributed by atoms with van der Waals surface area (Å²) in [5.74, 6) is 1.02. The maximum Gasteiger partial charge on any atom is 0.262 e. The van der Waals surface area contributed by atoms with Crippen LogP contribution >= 0.6 is 11.8 Å². The van der Waals surface area contributed by atoms with E-state index in [1.807, 2.05) is 35.2 Å². The Kier molecular flexibility index (Phi) is 3.60. The van der Waals surface area contributed by atoms with Gasteiger partial charge in [-0.2, -0.15) is 5.26 Å². The summed E-state index contributed by atoms with van der Waals surface area (Å²) in [4.78, 5) is 14.4. The minimum atomic E-state index is -0.645. The van der Waals surface area contributed by atoms with E-state index in [1.54, 1.807) is 17.8 Å². The molecular formula is C19H17N3OS. The minimum absolute atomic E-state index is 0.0907. The zero-order chi connectivity index (χ0) is 16.7. The van der Waals surface area contributed by atoms with Gasteiger partial charge in [0.15, 0.2) is 4.87 Å². The number of rotatable bonds is 2. The first-order chi connectivity index (χ1) is 11.6. The molecule has 2 aromatic carbocycles. The van der Waals surface area contributed by atoms with Crippen LogP contribution in [0.3, 0.4) is 0 Å². The number of hydrogen-bond donors (Lipinski definition) is 1. The van der Waals surface area contributed by atoms with Gasteiger partial charge in [-0.15, -0.1) is 11.8 Å². The van der Waals surface area contributed by atoms with Crippen LogP contribution in [0.25, 0.3) is 0 Å². The van der Waals surface area contributed by atoms with Gasteiger partial charge < -0.3 is 4.90 Å². The van der Waals surface area contributed by atoms with Crippen LogP contribution in [-0.4, -0.2) is 18.2 Å². The second-order valence-electron chi connectivity index (χ2n) is 6.18. The Labute approximate surface area is 145 Å². The zero-order valence-corrected chi connectivity index (χ0v) is 14.2. The average Bonchev–Trinajstić information content (AvgIpc) is 3.17. The lowest BCUT2D eigenvalue weighted by Gasteiger charge is -2.23. The molecule has 1 unspecified atom stereocenters. The van der Waals surface area contributed by atoms with Crippen molar-refractivity contribution in [3.63, 3.8) is 0 Å². The number of benzene rings is 2. The van der Waals surface area contributed by atoms with E-state index in [2.05, 4.69) is 24.4 Å². The molecule has 2 heterocycles. The normalized spacial score (nSPS) is 22.0. The van der Waals surface area contributed by atoms with Crippen LogP contribution in [0.4, 0.5) is 5.69 Å². The maximum absolute atomic E-state index is 13.2. The molecule has 4 nitrogen and oxygen atoms in total. The third kappa shape index (κ3) is 2.22. The number of amides is 1. The number of thioether (sulfide) groups is 1. The topological polar surface area (TPSA) is 56.1 Å². The van der Waals surface area contributed by atoms with Gasteiger partial charge in [-0.05, 0) is 30.7 Å². The summed E-state index contributed by atoms with van der Waals surface area (Å²) in [5, 5.41) is 12.5. The molecule has 0 aromatic heterocycles. The predicted octanol–water partition coefficient (Wildman–Crippen LogP) is 2.90. The molecule has 1 atom stereocenters. The van der Waals surface area contributed by atoms with Gasteiger partial charge in [-0.1, -0.05) is 29.8 Å². The van der Waals surface area contributed by atoms with Gasteiger partial charge >= 0.3 is 0 Å². The van der Waals surface area contributed by atoms with Gasteiger partial charge in [0.25, 0.3) is 5.91 Å². The highest BCUT2D eigenvalue weighted by Gasteiger charge is 2.53. The first kappa shape index (κ1) is 15.3. The minimum Gasteiger partial charge on any atom is -0.305 e. The van der Waals surface area contributed by atoms with E-state index in [-0.39, 0.29) is 5.91 Å². The van der Waals surface area contributed by atoms with Gasteiger partial charge in [0.2, 0.25) is 0 Å².